The minimum atomic E-state index is -3.40. The predicted molar refractivity (Wildman–Crippen MR) is 82.6 cm³/mol. The number of ether oxygens (including phenoxy) is 1. The van der Waals surface area contributed by atoms with Crippen LogP contribution >= 0.6 is 0 Å². The summed E-state index contributed by atoms with van der Waals surface area (Å²) in [4.78, 5) is 11.4. The maximum Gasteiger partial charge on any atom is 0.322 e. The number of hydrogen-bond acceptors (Lipinski definition) is 5. The van der Waals surface area contributed by atoms with E-state index in [2.05, 4.69) is 9.46 Å². The number of anilines is 1. The zero-order valence-electron chi connectivity index (χ0n) is 12.7. The first kappa shape index (κ1) is 17.5. The van der Waals surface area contributed by atoms with E-state index in [1.54, 1.807) is 32.0 Å². The normalized spacial score (nSPS) is 13.0. The molecule has 0 heterocycles. The summed E-state index contributed by atoms with van der Waals surface area (Å²) >= 11 is 0. The summed E-state index contributed by atoms with van der Waals surface area (Å²) in [6.45, 7) is 5.08. The van der Waals surface area contributed by atoms with Crippen LogP contribution in [0.15, 0.2) is 18.2 Å². The molecular formula is C14H22N2O4S. The van der Waals surface area contributed by atoms with E-state index in [1.807, 2.05) is 6.92 Å². The Hall–Kier alpha value is -1.60. The number of carbonyl (C=O) groups excluding carboxylic acids is 1. The SMILES string of the molecule is COC(=O)[C@@H](N)Cc1cc(NS(=O)(=O)C(C)C)ccc1C. The van der Waals surface area contributed by atoms with Crippen LogP contribution in [0.4, 0.5) is 5.69 Å². The van der Waals surface area contributed by atoms with Gasteiger partial charge in [0.05, 0.1) is 12.4 Å². The molecule has 6 nitrogen and oxygen atoms in total. The lowest BCUT2D eigenvalue weighted by Crippen LogP contribution is -2.33. The van der Waals surface area contributed by atoms with Crippen LogP contribution in [0.3, 0.4) is 0 Å². The van der Waals surface area contributed by atoms with Gasteiger partial charge in [-0.25, -0.2) is 8.42 Å². The molecule has 0 aliphatic heterocycles. The molecule has 0 saturated heterocycles. The third-order valence-corrected chi connectivity index (χ3v) is 4.94. The van der Waals surface area contributed by atoms with E-state index in [0.717, 1.165) is 11.1 Å². The van der Waals surface area contributed by atoms with Crippen LogP contribution in [-0.2, 0) is 26.0 Å². The largest absolute Gasteiger partial charge is 0.468 e. The van der Waals surface area contributed by atoms with E-state index in [0.29, 0.717) is 5.69 Å². The van der Waals surface area contributed by atoms with Gasteiger partial charge in [-0.2, -0.15) is 0 Å². The zero-order valence-corrected chi connectivity index (χ0v) is 13.5. The van der Waals surface area contributed by atoms with Gasteiger partial charge in [0.2, 0.25) is 10.0 Å². The second-order valence-electron chi connectivity index (χ2n) is 5.17. The van der Waals surface area contributed by atoms with Crippen molar-refractivity contribution in [2.45, 2.75) is 38.5 Å². The van der Waals surface area contributed by atoms with Crippen molar-refractivity contribution in [1.29, 1.82) is 0 Å². The number of rotatable bonds is 6. The van der Waals surface area contributed by atoms with Gasteiger partial charge in [-0.05, 0) is 50.5 Å². The van der Waals surface area contributed by atoms with Gasteiger partial charge in [0.1, 0.15) is 6.04 Å². The predicted octanol–water partition coefficient (Wildman–Crippen LogP) is 1.19. The molecule has 0 unspecified atom stereocenters. The Balaban J connectivity index is 2.98. The molecule has 1 atom stereocenters. The lowest BCUT2D eigenvalue weighted by atomic mass is 10.0. The molecule has 3 N–H and O–H groups in total. The quantitative estimate of drug-likeness (QED) is 0.768. The number of sulfonamides is 1. The van der Waals surface area contributed by atoms with Crippen LogP contribution in [0.5, 0.6) is 0 Å². The first-order valence-corrected chi connectivity index (χ1v) is 8.16. The van der Waals surface area contributed by atoms with Gasteiger partial charge in [0.15, 0.2) is 0 Å². The van der Waals surface area contributed by atoms with Crippen LogP contribution in [0.25, 0.3) is 0 Å². The smallest absolute Gasteiger partial charge is 0.322 e. The second kappa shape index (κ2) is 6.91. The highest BCUT2D eigenvalue weighted by molar-refractivity contribution is 7.93. The van der Waals surface area contributed by atoms with Crippen LogP contribution in [0.1, 0.15) is 25.0 Å². The van der Waals surface area contributed by atoms with E-state index in [9.17, 15) is 13.2 Å². The number of esters is 1. The number of methoxy groups -OCH3 is 1. The second-order valence-corrected chi connectivity index (χ2v) is 7.41. The Labute approximate surface area is 125 Å². The first-order chi connectivity index (χ1) is 9.67. The van der Waals surface area contributed by atoms with E-state index >= 15 is 0 Å². The molecule has 1 aromatic rings. The lowest BCUT2D eigenvalue weighted by molar-refractivity contribution is -0.142. The molecule has 0 aromatic heterocycles. The highest BCUT2D eigenvalue weighted by Crippen LogP contribution is 2.19. The summed E-state index contributed by atoms with van der Waals surface area (Å²) in [7, 11) is -2.12. The maximum atomic E-state index is 11.9. The number of nitrogens with two attached hydrogens (primary N) is 1. The fourth-order valence-corrected chi connectivity index (χ4v) is 2.40. The number of aryl methyl sites for hydroxylation is 1. The number of nitrogens with one attached hydrogen (secondary N) is 1. The molecule has 0 fully saturated rings. The Morgan fingerprint density at radius 3 is 2.52 bits per heavy atom. The summed E-state index contributed by atoms with van der Waals surface area (Å²) in [5.41, 5.74) is 7.94. The van der Waals surface area contributed by atoms with E-state index < -0.39 is 27.3 Å². The number of hydrogen-bond donors (Lipinski definition) is 2. The van der Waals surface area contributed by atoms with Crippen molar-refractivity contribution in [1.82, 2.24) is 0 Å². The molecule has 0 spiro atoms. The first-order valence-electron chi connectivity index (χ1n) is 6.62. The van der Waals surface area contributed by atoms with Gasteiger partial charge in [0.25, 0.3) is 0 Å². The Morgan fingerprint density at radius 1 is 1.38 bits per heavy atom. The summed E-state index contributed by atoms with van der Waals surface area (Å²) < 4.78 is 30.8. The molecular weight excluding hydrogens is 292 g/mol. The number of carbonyl (C=O) groups is 1. The summed E-state index contributed by atoms with van der Waals surface area (Å²) in [6.07, 6.45) is 0.287. The van der Waals surface area contributed by atoms with Gasteiger partial charge in [-0.15, -0.1) is 0 Å². The van der Waals surface area contributed by atoms with Crippen molar-refractivity contribution in [3.63, 3.8) is 0 Å². The van der Waals surface area contributed by atoms with Crippen molar-refractivity contribution in [2.24, 2.45) is 5.73 Å². The van der Waals surface area contributed by atoms with Gasteiger partial charge in [-0.1, -0.05) is 6.07 Å². The highest BCUT2D eigenvalue weighted by Gasteiger charge is 2.18. The standard InChI is InChI=1S/C14H22N2O4S/c1-9(2)21(18,19)16-12-6-5-10(3)11(7-12)8-13(15)14(17)20-4/h5-7,9,13,16H,8,15H2,1-4H3/t13-/m0/s1. The average molecular weight is 314 g/mol. The van der Waals surface area contributed by atoms with E-state index in [-0.39, 0.29) is 6.42 Å². The van der Waals surface area contributed by atoms with Crippen molar-refractivity contribution in [2.75, 3.05) is 11.8 Å². The molecule has 0 aliphatic rings. The molecule has 0 radical (unpaired) electrons. The van der Waals surface area contributed by atoms with Crippen LogP contribution < -0.4 is 10.5 Å². The molecule has 118 valence electrons. The maximum absolute atomic E-state index is 11.9. The highest BCUT2D eigenvalue weighted by atomic mass is 32.2. The fraction of sp³-hybridized carbons (Fsp3) is 0.500. The molecule has 21 heavy (non-hydrogen) atoms. The number of benzene rings is 1. The van der Waals surface area contributed by atoms with Crippen molar-refractivity contribution < 1.29 is 17.9 Å². The van der Waals surface area contributed by atoms with Crippen LogP contribution in [0.2, 0.25) is 0 Å². The molecule has 0 bridgehead atoms. The monoisotopic (exact) mass is 314 g/mol. The van der Waals surface area contributed by atoms with Gasteiger partial charge >= 0.3 is 5.97 Å². The molecule has 7 heteroatoms. The van der Waals surface area contributed by atoms with E-state index in [1.165, 1.54) is 7.11 Å². The Bertz CT molecular complexity index is 611. The van der Waals surface area contributed by atoms with Crippen molar-refractivity contribution >= 4 is 21.7 Å². The average Bonchev–Trinajstić information content (AvgIpc) is 2.41. The zero-order chi connectivity index (χ0) is 16.2. The molecule has 1 aromatic carbocycles. The molecule has 1 rings (SSSR count). The van der Waals surface area contributed by atoms with Gasteiger partial charge in [-0.3, -0.25) is 9.52 Å². The third kappa shape index (κ3) is 4.71. The summed E-state index contributed by atoms with van der Waals surface area (Å²) in [5, 5.41) is -0.528. The summed E-state index contributed by atoms with van der Waals surface area (Å²) in [5.74, 6) is -0.498. The Morgan fingerprint density at radius 2 is 2.00 bits per heavy atom. The van der Waals surface area contributed by atoms with Crippen molar-refractivity contribution in [3.8, 4) is 0 Å². The molecule has 0 aliphatic carbocycles. The minimum Gasteiger partial charge on any atom is -0.468 e. The van der Waals surface area contributed by atoms with Crippen LogP contribution in [-0.4, -0.2) is 32.8 Å². The van der Waals surface area contributed by atoms with Gasteiger partial charge < -0.3 is 10.5 Å². The minimum absolute atomic E-state index is 0.287. The molecule has 0 saturated carbocycles. The van der Waals surface area contributed by atoms with Crippen molar-refractivity contribution in [3.05, 3.63) is 29.3 Å². The third-order valence-electron chi connectivity index (χ3n) is 3.17. The fourth-order valence-electron chi connectivity index (χ4n) is 1.71. The topological polar surface area (TPSA) is 98.5 Å². The van der Waals surface area contributed by atoms with Gasteiger partial charge in [0, 0.05) is 5.69 Å². The molecule has 0 amide bonds. The Kier molecular flexibility index (Phi) is 5.74. The van der Waals surface area contributed by atoms with E-state index in [4.69, 9.17) is 5.73 Å². The lowest BCUT2D eigenvalue weighted by Gasteiger charge is -2.15. The summed E-state index contributed by atoms with van der Waals surface area (Å²) in [6, 6.07) is 4.39. The van der Waals surface area contributed by atoms with Crippen LogP contribution in [0, 0.1) is 6.92 Å².